The Kier molecular flexibility index (Phi) is 4.36. The summed E-state index contributed by atoms with van der Waals surface area (Å²) in [6, 6.07) is 3.99. The van der Waals surface area contributed by atoms with E-state index in [1.807, 2.05) is 0 Å². The second-order valence-corrected chi connectivity index (χ2v) is 4.91. The smallest absolute Gasteiger partial charge is 0.328 e. The molecule has 0 aliphatic carbocycles. The Bertz CT molecular complexity index is 516. The lowest BCUT2D eigenvalue weighted by atomic mass is 10.0. The number of nitro benzene ring substituents is 1. The normalized spacial score (nSPS) is 11.2. The number of benzene rings is 1. The van der Waals surface area contributed by atoms with Gasteiger partial charge >= 0.3 is 5.97 Å². The van der Waals surface area contributed by atoms with E-state index < -0.39 is 16.4 Å². The summed E-state index contributed by atoms with van der Waals surface area (Å²) >= 11 is 6.02. The van der Waals surface area contributed by atoms with Crippen molar-refractivity contribution in [2.75, 3.05) is 11.4 Å². The van der Waals surface area contributed by atoms with Crippen molar-refractivity contribution in [3.05, 3.63) is 33.3 Å². The van der Waals surface area contributed by atoms with Crippen LogP contribution in [0, 0.1) is 10.1 Å². The van der Waals surface area contributed by atoms with Crippen molar-refractivity contribution >= 4 is 28.9 Å². The minimum absolute atomic E-state index is 0.127. The van der Waals surface area contributed by atoms with Gasteiger partial charge in [-0.1, -0.05) is 11.6 Å². The van der Waals surface area contributed by atoms with Crippen LogP contribution in [0.5, 0.6) is 0 Å². The monoisotopic (exact) mass is 286 g/mol. The SMILES string of the molecule is CCN(c1ccc([N+](=O)[O-])cc1Cl)C(C)(C)C(=O)O. The van der Waals surface area contributed by atoms with Crippen LogP contribution in [-0.2, 0) is 4.79 Å². The molecule has 0 spiro atoms. The fourth-order valence-corrected chi connectivity index (χ4v) is 2.09. The molecule has 1 rings (SSSR count). The molecule has 1 aromatic carbocycles. The highest BCUT2D eigenvalue weighted by Gasteiger charge is 2.35. The van der Waals surface area contributed by atoms with Gasteiger partial charge < -0.3 is 10.0 Å². The Hall–Kier alpha value is -1.82. The molecule has 0 saturated heterocycles. The zero-order valence-corrected chi connectivity index (χ0v) is 11.6. The van der Waals surface area contributed by atoms with Gasteiger partial charge in [-0.05, 0) is 26.8 Å². The molecule has 6 nitrogen and oxygen atoms in total. The van der Waals surface area contributed by atoms with Crippen LogP contribution in [0.15, 0.2) is 18.2 Å². The zero-order valence-electron chi connectivity index (χ0n) is 10.9. The summed E-state index contributed by atoms with van der Waals surface area (Å²) in [6.45, 7) is 5.31. The molecule has 0 radical (unpaired) electrons. The number of halogens is 1. The molecular weight excluding hydrogens is 272 g/mol. The first kappa shape index (κ1) is 15.2. The number of carboxylic acids is 1. The van der Waals surface area contributed by atoms with Crippen LogP contribution in [0.2, 0.25) is 5.02 Å². The fraction of sp³-hybridized carbons (Fsp3) is 0.417. The van der Waals surface area contributed by atoms with E-state index in [9.17, 15) is 20.0 Å². The second kappa shape index (κ2) is 5.44. The standard InChI is InChI=1S/C12H15ClN2O4/c1-4-14(12(2,3)11(16)17)10-6-5-8(15(18)19)7-9(10)13/h5-7H,4H2,1-3H3,(H,16,17). The van der Waals surface area contributed by atoms with Crippen LogP contribution >= 0.6 is 11.6 Å². The summed E-state index contributed by atoms with van der Waals surface area (Å²) in [5.74, 6) is -0.997. The molecule has 1 aromatic rings. The Morgan fingerprint density at radius 1 is 1.53 bits per heavy atom. The molecule has 1 N–H and O–H groups in total. The van der Waals surface area contributed by atoms with Crippen LogP contribution in [0.1, 0.15) is 20.8 Å². The lowest BCUT2D eigenvalue weighted by Gasteiger charge is -2.36. The predicted molar refractivity (Wildman–Crippen MR) is 72.8 cm³/mol. The van der Waals surface area contributed by atoms with Crippen LogP contribution < -0.4 is 4.90 Å². The predicted octanol–water partition coefficient (Wildman–Crippen LogP) is 2.94. The largest absolute Gasteiger partial charge is 0.480 e. The van der Waals surface area contributed by atoms with Gasteiger partial charge in [-0.2, -0.15) is 0 Å². The minimum Gasteiger partial charge on any atom is -0.480 e. The van der Waals surface area contributed by atoms with Crippen LogP contribution in [0.4, 0.5) is 11.4 Å². The molecule has 0 saturated carbocycles. The van der Waals surface area contributed by atoms with Gasteiger partial charge in [0.25, 0.3) is 5.69 Å². The van der Waals surface area contributed by atoms with E-state index in [1.54, 1.807) is 25.7 Å². The molecule has 0 bridgehead atoms. The van der Waals surface area contributed by atoms with Crippen molar-refractivity contribution in [3.63, 3.8) is 0 Å². The topological polar surface area (TPSA) is 83.7 Å². The molecule has 0 unspecified atom stereocenters. The lowest BCUT2D eigenvalue weighted by molar-refractivity contribution is -0.384. The highest BCUT2D eigenvalue weighted by atomic mass is 35.5. The molecule has 19 heavy (non-hydrogen) atoms. The number of likely N-dealkylation sites (N-methyl/N-ethyl adjacent to an activating group) is 1. The van der Waals surface area contributed by atoms with E-state index in [4.69, 9.17) is 11.6 Å². The first-order chi connectivity index (χ1) is 8.71. The van der Waals surface area contributed by atoms with Crippen LogP contribution in [0.25, 0.3) is 0 Å². The van der Waals surface area contributed by atoms with Crippen molar-refractivity contribution in [1.29, 1.82) is 0 Å². The molecule has 0 amide bonds. The first-order valence-corrected chi connectivity index (χ1v) is 6.04. The number of nitro groups is 1. The second-order valence-electron chi connectivity index (χ2n) is 4.50. The van der Waals surface area contributed by atoms with Crippen LogP contribution in [0.3, 0.4) is 0 Å². The number of carboxylic acid groups (broad SMARTS) is 1. The Balaban J connectivity index is 3.27. The van der Waals surface area contributed by atoms with Gasteiger partial charge in [0.1, 0.15) is 5.54 Å². The molecule has 0 aromatic heterocycles. The van der Waals surface area contributed by atoms with Gasteiger partial charge in [-0.25, -0.2) is 4.79 Å². The van der Waals surface area contributed by atoms with Gasteiger partial charge in [-0.3, -0.25) is 10.1 Å². The van der Waals surface area contributed by atoms with E-state index >= 15 is 0 Å². The number of nitrogens with zero attached hydrogens (tertiary/aromatic N) is 2. The third kappa shape index (κ3) is 2.96. The summed E-state index contributed by atoms with van der Waals surface area (Å²) in [5, 5.41) is 20.1. The van der Waals surface area contributed by atoms with E-state index in [2.05, 4.69) is 0 Å². The third-order valence-electron chi connectivity index (χ3n) is 2.95. The summed E-state index contributed by atoms with van der Waals surface area (Å²) < 4.78 is 0. The Morgan fingerprint density at radius 2 is 2.11 bits per heavy atom. The maximum Gasteiger partial charge on any atom is 0.328 e. The minimum atomic E-state index is -1.16. The highest BCUT2D eigenvalue weighted by molar-refractivity contribution is 6.33. The van der Waals surface area contributed by atoms with Crippen LogP contribution in [-0.4, -0.2) is 28.1 Å². The maximum atomic E-state index is 11.3. The molecule has 0 aliphatic rings. The number of aliphatic carboxylic acids is 1. The number of carbonyl (C=O) groups is 1. The fourth-order valence-electron chi connectivity index (χ4n) is 1.81. The van der Waals surface area contributed by atoms with Crippen molar-refractivity contribution in [1.82, 2.24) is 0 Å². The summed E-state index contributed by atoms with van der Waals surface area (Å²) in [5.41, 5.74) is -0.825. The Morgan fingerprint density at radius 3 is 2.47 bits per heavy atom. The molecule has 0 aliphatic heterocycles. The summed E-state index contributed by atoms with van der Waals surface area (Å²) in [4.78, 5) is 23.0. The third-order valence-corrected chi connectivity index (χ3v) is 3.25. The van der Waals surface area contributed by atoms with E-state index in [1.165, 1.54) is 18.2 Å². The number of rotatable bonds is 5. The first-order valence-electron chi connectivity index (χ1n) is 5.66. The van der Waals surface area contributed by atoms with Gasteiger partial charge in [0.05, 0.1) is 15.6 Å². The van der Waals surface area contributed by atoms with Crippen molar-refractivity contribution in [2.24, 2.45) is 0 Å². The quantitative estimate of drug-likeness (QED) is 0.664. The van der Waals surface area contributed by atoms with Gasteiger partial charge in [0.2, 0.25) is 0 Å². The molecule has 0 heterocycles. The van der Waals surface area contributed by atoms with Crippen molar-refractivity contribution in [2.45, 2.75) is 26.3 Å². The molecule has 0 atom stereocenters. The zero-order chi connectivity index (χ0) is 14.8. The van der Waals surface area contributed by atoms with Gasteiger partial charge in [0, 0.05) is 18.7 Å². The summed E-state index contributed by atoms with van der Waals surface area (Å²) in [7, 11) is 0. The number of hydrogen-bond acceptors (Lipinski definition) is 4. The van der Waals surface area contributed by atoms with Crippen molar-refractivity contribution in [3.8, 4) is 0 Å². The molecule has 7 heteroatoms. The Labute approximate surface area is 115 Å². The average molecular weight is 287 g/mol. The van der Waals surface area contributed by atoms with Crippen molar-refractivity contribution < 1.29 is 14.8 Å². The lowest BCUT2D eigenvalue weighted by Crippen LogP contribution is -2.50. The van der Waals surface area contributed by atoms with E-state index in [-0.39, 0.29) is 10.7 Å². The van der Waals surface area contributed by atoms with Gasteiger partial charge in [-0.15, -0.1) is 0 Å². The average Bonchev–Trinajstić information content (AvgIpc) is 2.31. The molecule has 0 fully saturated rings. The highest BCUT2D eigenvalue weighted by Crippen LogP contribution is 2.33. The van der Waals surface area contributed by atoms with Gasteiger partial charge in [0.15, 0.2) is 0 Å². The number of anilines is 1. The number of non-ortho nitro benzene ring substituents is 1. The van der Waals surface area contributed by atoms with E-state index in [0.29, 0.717) is 12.2 Å². The molecular formula is C12H15ClN2O4. The molecule has 104 valence electrons. The maximum absolute atomic E-state index is 11.3. The number of hydrogen-bond donors (Lipinski definition) is 1. The summed E-state index contributed by atoms with van der Waals surface area (Å²) in [6.07, 6.45) is 0. The van der Waals surface area contributed by atoms with E-state index in [0.717, 1.165) is 0 Å².